The molecule has 3 N–H and O–H groups in total. The van der Waals surface area contributed by atoms with Gasteiger partial charge in [-0.2, -0.15) is 0 Å². The Bertz CT molecular complexity index is 1310. The third-order valence-corrected chi connectivity index (χ3v) is 12.4. The number of alkyl halides is 1. The number of benzene rings is 2. The standard InChI is InChI=1S/C33H43BrN4O4S/c1-5-37(6-2)23-14-12-22(13-15-23)36-31(41)29-33-17-25(34)28(43-33)26(30(40)35-18-21-10-8-7-9-11-21)27(33)32(42)38(29)24(19-39)16-20(3)4/h7-15,20,24-29,39H,5-6,16-19H2,1-4H3,(H,35,40)(H,36,41)/t24-,25?,26+,27+,28+,29?,33?/m1/s1. The maximum Gasteiger partial charge on any atom is 0.248 e. The molecule has 0 radical (unpaired) electrons. The molecule has 3 heterocycles. The number of thioether (sulfide) groups is 1. The highest BCUT2D eigenvalue weighted by atomic mass is 79.9. The SMILES string of the molecule is CCN(CC)c1ccc(NC(=O)C2N([C@@H](CO)CC(C)C)C(=O)[C@@H]3[C@H](C(=O)NCc4ccccc4)[C@H]4SC23CC4Br)cc1. The number of hydrogen-bond donors (Lipinski definition) is 3. The predicted molar refractivity (Wildman–Crippen MR) is 176 cm³/mol. The van der Waals surface area contributed by atoms with E-state index in [0.717, 1.165) is 24.3 Å². The summed E-state index contributed by atoms with van der Waals surface area (Å²) in [4.78, 5) is 46.4. The van der Waals surface area contributed by atoms with Crippen molar-refractivity contribution in [3.63, 3.8) is 0 Å². The Morgan fingerprint density at radius 3 is 2.37 bits per heavy atom. The van der Waals surface area contributed by atoms with Crippen molar-refractivity contribution < 1.29 is 19.5 Å². The summed E-state index contributed by atoms with van der Waals surface area (Å²) in [6, 6.07) is 16.2. The molecule has 43 heavy (non-hydrogen) atoms. The zero-order chi connectivity index (χ0) is 30.9. The summed E-state index contributed by atoms with van der Waals surface area (Å²) in [7, 11) is 0. The average molecular weight is 672 g/mol. The molecule has 3 aliphatic rings. The molecular weight excluding hydrogens is 628 g/mol. The second-order valence-electron chi connectivity index (χ2n) is 12.3. The van der Waals surface area contributed by atoms with E-state index < -0.39 is 28.7 Å². The largest absolute Gasteiger partial charge is 0.394 e. The molecule has 3 unspecified atom stereocenters. The summed E-state index contributed by atoms with van der Waals surface area (Å²) in [6.07, 6.45) is 1.15. The Hall–Kier alpha value is -2.56. The minimum absolute atomic E-state index is 0.0182. The molecular formula is C33H43BrN4O4S. The highest BCUT2D eigenvalue weighted by Crippen LogP contribution is 2.68. The van der Waals surface area contributed by atoms with Crippen LogP contribution in [0, 0.1) is 17.8 Å². The maximum absolute atomic E-state index is 14.4. The van der Waals surface area contributed by atoms with Crippen LogP contribution in [0.4, 0.5) is 11.4 Å². The van der Waals surface area contributed by atoms with Crippen LogP contribution in [0.2, 0.25) is 0 Å². The van der Waals surface area contributed by atoms with Crippen LogP contribution < -0.4 is 15.5 Å². The van der Waals surface area contributed by atoms with Gasteiger partial charge in [-0.15, -0.1) is 11.8 Å². The topological polar surface area (TPSA) is 102 Å². The molecule has 8 nitrogen and oxygen atoms in total. The van der Waals surface area contributed by atoms with Gasteiger partial charge in [0.05, 0.1) is 29.2 Å². The lowest BCUT2D eigenvalue weighted by atomic mass is 9.70. The van der Waals surface area contributed by atoms with Crippen molar-refractivity contribution >= 4 is 56.8 Å². The number of likely N-dealkylation sites (tertiary alicyclic amines) is 1. The van der Waals surface area contributed by atoms with Crippen molar-refractivity contribution in [3.05, 3.63) is 60.2 Å². The highest BCUT2D eigenvalue weighted by molar-refractivity contribution is 9.09. The molecule has 0 aliphatic carbocycles. The number of anilines is 2. The van der Waals surface area contributed by atoms with Gasteiger partial charge in [0.25, 0.3) is 0 Å². The molecule has 2 aromatic carbocycles. The normalized spacial score (nSPS) is 28.2. The van der Waals surface area contributed by atoms with Gasteiger partial charge in [0.2, 0.25) is 17.7 Å². The minimum Gasteiger partial charge on any atom is -0.394 e. The van der Waals surface area contributed by atoms with Crippen molar-refractivity contribution in [1.29, 1.82) is 0 Å². The van der Waals surface area contributed by atoms with E-state index in [1.807, 2.05) is 68.4 Å². The predicted octanol–water partition coefficient (Wildman–Crippen LogP) is 4.66. The van der Waals surface area contributed by atoms with Crippen molar-refractivity contribution in [2.45, 2.75) is 74.0 Å². The Morgan fingerprint density at radius 2 is 1.77 bits per heavy atom. The Labute approximate surface area is 267 Å². The van der Waals surface area contributed by atoms with Crippen LogP contribution in [0.1, 0.15) is 46.1 Å². The Kier molecular flexibility index (Phi) is 9.78. The number of nitrogens with one attached hydrogen (secondary N) is 2. The second-order valence-corrected chi connectivity index (χ2v) is 15.0. The number of carbonyl (C=O) groups is 3. The first-order valence-corrected chi connectivity index (χ1v) is 17.2. The summed E-state index contributed by atoms with van der Waals surface area (Å²) < 4.78 is -0.777. The van der Waals surface area contributed by atoms with E-state index in [4.69, 9.17) is 0 Å². The number of hydrogen-bond acceptors (Lipinski definition) is 6. The summed E-state index contributed by atoms with van der Waals surface area (Å²) in [5.41, 5.74) is 2.72. The van der Waals surface area contributed by atoms with Gasteiger partial charge < -0.3 is 25.5 Å². The van der Waals surface area contributed by atoms with Crippen LogP contribution in [0.25, 0.3) is 0 Å². The highest BCUT2D eigenvalue weighted by Gasteiger charge is 2.76. The third-order valence-electron chi connectivity index (χ3n) is 9.20. The summed E-state index contributed by atoms with van der Waals surface area (Å²) in [5, 5.41) is 16.6. The van der Waals surface area contributed by atoms with Gasteiger partial charge >= 0.3 is 0 Å². The molecule has 7 atom stereocenters. The lowest BCUT2D eigenvalue weighted by Crippen LogP contribution is -2.55. The summed E-state index contributed by atoms with van der Waals surface area (Å²) in [6.45, 7) is 10.2. The number of carbonyl (C=O) groups excluding carboxylic acids is 3. The van der Waals surface area contributed by atoms with E-state index in [-0.39, 0.29) is 40.3 Å². The number of fused-ring (bicyclic) bond motifs is 1. The average Bonchev–Trinajstić information content (AvgIpc) is 3.59. The van der Waals surface area contributed by atoms with Crippen LogP contribution >= 0.6 is 27.7 Å². The van der Waals surface area contributed by atoms with E-state index in [1.54, 1.807) is 16.7 Å². The smallest absolute Gasteiger partial charge is 0.248 e. The van der Waals surface area contributed by atoms with Gasteiger partial charge in [-0.1, -0.05) is 60.1 Å². The number of halogens is 1. The molecule has 3 saturated heterocycles. The van der Waals surface area contributed by atoms with E-state index in [2.05, 4.69) is 45.3 Å². The maximum atomic E-state index is 14.4. The Morgan fingerprint density at radius 1 is 1.09 bits per heavy atom. The van der Waals surface area contributed by atoms with Crippen molar-refractivity contribution in [3.8, 4) is 0 Å². The second kappa shape index (κ2) is 13.2. The molecule has 10 heteroatoms. The fourth-order valence-corrected chi connectivity index (χ4v) is 10.9. The Balaban J connectivity index is 1.46. The lowest BCUT2D eigenvalue weighted by molar-refractivity contribution is -0.142. The molecule has 3 fully saturated rings. The first kappa shape index (κ1) is 31.9. The lowest BCUT2D eigenvalue weighted by Gasteiger charge is -2.37. The molecule has 0 aromatic heterocycles. The van der Waals surface area contributed by atoms with Crippen molar-refractivity contribution in [1.82, 2.24) is 10.2 Å². The summed E-state index contributed by atoms with van der Waals surface area (Å²) in [5.74, 6) is -1.65. The fourth-order valence-electron chi connectivity index (χ4n) is 7.34. The van der Waals surface area contributed by atoms with E-state index in [9.17, 15) is 19.5 Å². The monoisotopic (exact) mass is 670 g/mol. The molecule has 3 aliphatic heterocycles. The number of aliphatic hydroxyl groups is 1. The molecule has 2 bridgehead atoms. The van der Waals surface area contributed by atoms with Gasteiger partial charge in [-0.05, 0) is 62.4 Å². The number of amides is 3. The molecule has 3 amide bonds. The zero-order valence-corrected chi connectivity index (χ0v) is 27.7. The van der Waals surface area contributed by atoms with Crippen molar-refractivity contribution in [2.24, 2.45) is 17.8 Å². The van der Waals surface area contributed by atoms with E-state index in [1.165, 1.54) is 0 Å². The van der Waals surface area contributed by atoms with Gasteiger partial charge in [-0.25, -0.2) is 0 Å². The van der Waals surface area contributed by atoms with Crippen LogP contribution in [0.5, 0.6) is 0 Å². The van der Waals surface area contributed by atoms with E-state index in [0.29, 0.717) is 25.1 Å². The number of aliphatic hydroxyl groups excluding tert-OH is 1. The molecule has 2 aromatic rings. The molecule has 1 spiro atoms. The van der Waals surface area contributed by atoms with Crippen LogP contribution in [-0.2, 0) is 20.9 Å². The van der Waals surface area contributed by atoms with Crippen LogP contribution in [0.3, 0.4) is 0 Å². The van der Waals surface area contributed by atoms with Crippen LogP contribution in [0.15, 0.2) is 54.6 Å². The van der Waals surface area contributed by atoms with Gasteiger partial charge in [0, 0.05) is 41.1 Å². The number of nitrogens with zero attached hydrogens (tertiary/aromatic N) is 2. The van der Waals surface area contributed by atoms with Gasteiger partial charge in [-0.3, -0.25) is 14.4 Å². The molecule has 5 rings (SSSR count). The zero-order valence-electron chi connectivity index (χ0n) is 25.3. The first-order chi connectivity index (χ1) is 20.6. The van der Waals surface area contributed by atoms with Gasteiger partial charge in [0.15, 0.2) is 0 Å². The van der Waals surface area contributed by atoms with E-state index >= 15 is 0 Å². The molecule has 0 saturated carbocycles. The van der Waals surface area contributed by atoms with Gasteiger partial charge in [0.1, 0.15) is 6.04 Å². The quantitative estimate of drug-likeness (QED) is 0.284. The summed E-state index contributed by atoms with van der Waals surface area (Å²) >= 11 is 5.44. The fraction of sp³-hybridized carbons (Fsp3) is 0.545. The van der Waals surface area contributed by atoms with Crippen molar-refractivity contribution in [2.75, 3.05) is 29.9 Å². The minimum atomic E-state index is -0.815. The first-order valence-electron chi connectivity index (χ1n) is 15.4. The molecule has 232 valence electrons. The number of rotatable bonds is 12. The van der Waals surface area contributed by atoms with Crippen LogP contribution in [-0.4, -0.2) is 74.3 Å². The third kappa shape index (κ3) is 5.94.